The molecule has 0 atom stereocenters. The van der Waals surface area contributed by atoms with E-state index in [2.05, 4.69) is 4.98 Å². The monoisotopic (exact) mass is 320 g/mol. The fourth-order valence-corrected chi connectivity index (χ4v) is 2.37. The number of aromatic nitrogens is 2. The Hall–Kier alpha value is -2.83. The van der Waals surface area contributed by atoms with Gasteiger partial charge in [-0.05, 0) is 23.8 Å². The highest BCUT2D eigenvalue weighted by atomic mass is 19.4. The predicted octanol–water partition coefficient (Wildman–Crippen LogP) is 2.76. The van der Waals surface area contributed by atoms with Crippen LogP contribution in [0, 0.1) is 0 Å². The third-order valence-electron chi connectivity index (χ3n) is 3.49. The molecule has 0 bridgehead atoms. The van der Waals surface area contributed by atoms with Crippen molar-refractivity contribution in [1.29, 1.82) is 0 Å². The van der Waals surface area contributed by atoms with Crippen molar-refractivity contribution in [2.75, 3.05) is 0 Å². The van der Waals surface area contributed by atoms with Gasteiger partial charge in [-0.1, -0.05) is 30.3 Å². The molecule has 2 aromatic carbocycles. The molecule has 7 heteroatoms. The zero-order chi connectivity index (χ0) is 16.6. The molecule has 23 heavy (non-hydrogen) atoms. The average molecular weight is 320 g/mol. The largest absolute Gasteiger partial charge is 0.416 e. The SMILES string of the molecule is O=c1[nH]c2ccc(C(F)(F)F)cc2n(Cc2ccccc2)c1=O. The summed E-state index contributed by atoms with van der Waals surface area (Å²) in [6.07, 6.45) is -4.53. The molecule has 0 aliphatic heterocycles. The Morgan fingerprint density at radius 2 is 1.70 bits per heavy atom. The summed E-state index contributed by atoms with van der Waals surface area (Å²) < 4.78 is 39.7. The molecule has 0 aliphatic rings. The van der Waals surface area contributed by atoms with Crippen molar-refractivity contribution < 1.29 is 13.2 Å². The Morgan fingerprint density at radius 1 is 1.00 bits per heavy atom. The molecule has 118 valence electrons. The number of H-pyrrole nitrogens is 1. The van der Waals surface area contributed by atoms with Gasteiger partial charge in [0.1, 0.15) is 0 Å². The topological polar surface area (TPSA) is 54.9 Å². The van der Waals surface area contributed by atoms with Crippen molar-refractivity contribution in [2.45, 2.75) is 12.7 Å². The second-order valence-electron chi connectivity index (χ2n) is 5.06. The van der Waals surface area contributed by atoms with Crippen LogP contribution in [0.15, 0.2) is 58.1 Å². The van der Waals surface area contributed by atoms with E-state index in [4.69, 9.17) is 0 Å². The van der Waals surface area contributed by atoms with Gasteiger partial charge in [-0.2, -0.15) is 13.2 Å². The van der Waals surface area contributed by atoms with Crippen LogP contribution in [0.5, 0.6) is 0 Å². The van der Waals surface area contributed by atoms with Crippen LogP contribution >= 0.6 is 0 Å². The van der Waals surface area contributed by atoms with Crippen LogP contribution in [0.2, 0.25) is 0 Å². The highest BCUT2D eigenvalue weighted by Crippen LogP contribution is 2.30. The van der Waals surface area contributed by atoms with Crippen molar-refractivity contribution in [2.24, 2.45) is 0 Å². The molecule has 0 spiro atoms. The minimum Gasteiger partial charge on any atom is -0.316 e. The molecular weight excluding hydrogens is 309 g/mol. The third kappa shape index (κ3) is 2.90. The number of halogens is 3. The molecule has 3 rings (SSSR count). The number of benzene rings is 2. The van der Waals surface area contributed by atoms with E-state index in [1.807, 2.05) is 0 Å². The van der Waals surface area contributed by atoms with Gasteiger partial charge in [-0.25, -0.2) is 0 Å². The standard InChI is InChI=1S/C16H11F3N2O2/c17-16(18,19)11-6-7-12-13(8-11)21(15(23)14(22)20-12)9-10-4-2-1-3-5-10/h1-8H,9H2,(H,20,22). The number of nitrogens with zero attached hydrogens (tertiary/aromatic N) is 1. The minimum atomic E-state index is -4.53. The van der Waals surface area contributed by atoms with Gasteiger partial charge in [0.05, 0.1) is 23.1 Å². The van der Waals surface area contributed by atoms with Gasteiger partial charge in [-0.3, -0.25) is 14.2 Å². The number of hydrogen-bond acceptors (Lipinski definition) is 2. The summed E-state index contributed by atoms with van der Waals surface area (Å²) in [6.45, 7) is 0.0153. The second kappa shape index (κ2) is 5.42. The first kappa shape index (κ1) is 15.1. The van der Waals surface area contributed by atoms with Crippen molar-refractivity contribution in [3.05, 3.63) is 80.4 Å². The van der Waals surface area contributed by atoms with Crippen molar-refractivity contribution in [1.82, 2.24) is 9.55 Å². The summed E-state index contributed by atoms with van der Waals surface area (Å²) in [6, 6.07) is 11.6. The van der Waals surface area contributed by atoms with E-state index in [1.165, 1.54) is 0 Å². The van der Waals surface area contributed by atoms with Crippen LogP contribution < -0.4 is 11.1 Å². The Balaban J connectivity index is 2.27. The zero-order valence-electron chi connectivity index (χ0n) is 11.7. The smallest absolute Gasteiger partial charge is 0.316 e. The summed E-state index contributed by atoms with van der Waals surface area (Å²) >= 11 is 0. The molecule has 0 saturated heterocycles. The van der Waals surface area contributed by atoms with E-state index >= 15 is 0 Å². The lowest BCUT2D eigenvalue weighted by Gasteiger charge is -2.12. The van der Waals surface area contributed by atoms with Crippen molar-refractivity contribution in [3.63, 3.8) is 0 Å². The van der Waals surface area contributed by atoms with E-state index in [9.17, 15) is 22.8 Å². The predicted molar refractivity (Wildman–Crippen MR) is 79.4 cm³/mol. The number of nitrogens with one attached hydrogen (secondary N) is 1. The Kier molecular flexibility index (Phi) is 3.55. The van der Waals surface area contributed by atoms with Crippen LogP contribution in [-0.2, 0) is 12.7 Å². The normalized spacial score (nSPS) is 11.8. The number of hydrogen-bond donors (Lipinski definition) is 1. The Morgan fingerprint density at radius 3 is 2.35 bits per heavy atom. The molecule has 3 aromatic rings. The summed E-state index contributed by atoms with van der Waals surface area (Å²) in [7, 11) is 0. The first-order chi connectivity index (χ1) is 10.9. The molecule has 0 fully saturated rings. The first-order valence-electron chi connectivity index (χ1n) is 6.74. The fourth-order valence-electron chi connectivity index (χ4n) is 2.37. The van der Waals surface area contributed by atoms with Crippen molar-refractivity contribution in [3.8, 4) is 0 Å². The molecule has 0 aliphatic carbocycles. The van der Waals surface area contributed by atoms with Crippen molar-refractivity contribution >= 4 is 11.0 Å². The van der Waals surface area contributed by atoms with Gasteiger partial charge in [0.2, 0.25) is 0 Å². The first-order valence-corrected chi connectivity index (χ1v) is 6.74. The third-order valence-corrected chi connectivity index (χ3v) is 3.49. The van der Waals surface area contributed by atoms with Gasteiger partial charge in [0, 0.05) is 0 Å². The summed E-state index contributed by atoms with van der Waals surface area (Å²) in [5, 5.41) is 0. The van der Waals surface area contributed by atoms with Crippen LogP contribution in [0.1, 0.15) is 11.1 Å². The average Bonchev–Trinajstić information content (AvgIpc) is 2.51. The van der Waals surface area contributed by atoms with Gasteiger partial charge < -0.3 is 4.98 Å². The van der Waals surface area contributed by atoms with E-state index in [0.717, 1.165) is 22.8 Å². The van der Waals surface area contributed by atoms with E-state index < -0.39 is 22.9 Å². The summed E-state index contributed by atoms with van der Waals surface area (Å²) in [4.78, 5) is 26.1. The van der Waals surface area contributed by atoms with E-state index in [0.29, 0.717) is 5.56 Å². The van der Waals surface area contributed by atoms with Crippen LogP contribution in [0.3, 0.4) is 0 Å². The number of aromatic amines is 1. The molecule has 0 saturated carbocycles. The number of alkyl halides is 3. The molecular formula is C16H11F3N2O2. The molecule has 1 heterocycles. The summed E-state index contributed by atoms with van der Waals surface area (Å²) in [5.74, 6) is 0. The van der Waals surface area contributed by atoms with Gasteiger partial charge in [0.15, 0.2) is 0 Å². The lowest BCUT2D eigenvalue weighted by atomic mass is 10.1. The Bertz CT molecular complexity index is 973. The lowest BCUT2D eigenvalue weighted by Crippen LogP contribution is -2.36. The number of fused-ring (bicyclic) bond motifs is 1. The highest BCUT2D eigenvalue weighted by molar-refractivity contribution is 5.75. The van der Waals surface area contributed by atoms with E-state index in [-0.39, 0.29) is 17.6 Å². The number of rotatable bonds is 2. The molecule has 4 nitrogen and oxygen atoms in total. The summed E-state index contributed by atoms with van der Waals surface area (Å²) in [5.41, 5.74) is -1.71. The lowest BCUT2D eigenvalue weighted by molar-refractivity contribution is -0.137. The molecule has 1 N–H and O–H groups in total. The minimum absolute atomic E-state index is 0.0153. The molecule has 0 unspecified atom stereocenters. The Labute approximate surface area is 127 Å². The second-order valence-corrected chi connectivity index (χ2v) is 5.06. The van der Waals surface area contributed by atoms with Crippen LogP contribution in [-0.4, -0.2) is 9.55 Å². The molecule has 1 aromatic heterocycles. The van der Waals surface area contributed by atoms with E-state index in [1.54, 1.807) is 30.3 Å². The van der Waals surface area contributed by atoms with Crippen LogP contribution in [0.4, 0.5) is 13.2 Å². The van der Waals surface area contributed by atoms with Gasteiger partial charge >= 0.3 is 17.3 Å². The maximum atomic E-state index is 12.9. The zero-order valence-corrected chi connectivity index (χ0v) is 11.7. The van der Waals surface area contributed by atoms with Crippen LogP contribution in [0.25, 0.3) is 11.0 Å². The fraction of sp³-hybridized carbons (Fsp3) is 0.125. The maximum absolute atomic E-state index is 12.9. The van der Waals surface area contributed by atoms with Gasteiger partial charge in [0.25, 0.3) is 0 Å². The highest BCUT2D eigenvalue weighted by Gasteiger charge is 2.30. The maximum Gasteiger partial charge on any atom is 0.416 e. The molecule has 0 amide bonds. The quantitative estimate of drug-likeness (QED) is 0.738. The van der Waals surface area contributed by atoms with Gasteiger partial charge in [-0.15, -0.1) is 0 Å². The molecule has 0 radical (unpaired) electrons.